The summed E-state index contributed by atoms with van der Waals surface area (Å²) in [5.41, 5.74) is 7.19. The first-order valence-corrected chi connectivity index (χ1v) is 8.26. The van der Waals surface area contributed by atoms with Crippen LogP contribution in [0.4, 0.5) is 0 Å². The smallest absolute Gasteiger partial charge is 0.241 e. The van der Waals surface area contributed by atoms with Crippen LogP contribution >= 0.6 is 15.9 Å². The molecule has 1 rings (SSSR count). The van der Waals surface area contributed by atoms with Crippen molar-refractivity contribution in [3.63, 3.8) is 0 Å². The number of aryl methyl sites for hydroxylation is 1. The van der Waals surface area contributed by atoms with Crippen molar-refractivity contribution in [2.45, 2.75) is 25.3 Å². The first-order chi connectivity index (χ1) is 8.92. The number of halogens is 1. The van der Waals surface area contributed by atoms with Crippen LogP contribution in [0.5, 0.6) is 0 Å². The molecule has 0 heterocycles. The van der Waals surface area contributed by atoms with Crippen LogP contribution in [0.1, 0.15) is 18.1 Å². The Labute approximate surface area is 122 Å². The van der Waals surface area contributed by atoms with Crippen LogP contribution in [-0.4, -0.2) is 28.2 Å². The maximum atomic E-state index is 12.2. The van der Waals surface area contributed by atoms with Crippen molar-refractivity contribution in [1.82, 2.24) is 4.72 Å². The summed E-state index contributed by atoms with van der Waals surface area (Å²) in [6, 6.07) is 3.45. The van der Waals surface area contributed by atoms with Gasteiger partial charge in [0.05, 0.1) is 11.5 Å². The summed E-state index contributed by atoms with van der Waals surface area (Å²) in [6.45, 7) is 5.15. The van der Waals surface area contributed by atoms with Crippen LogP contribution in [0.15, 0.2) is 21.5 Å². The lowest BCUT2D eigenvalue weighted by Gasteiger charge is -2.12. The number of nitrogens with two attached hydrogens (primary N) is 1. The van der Waals surface area contributed by atoms with Gasteiger partial charge in [-0.1, -0.05) is 6.07 Å². The average molecular weight is 351 g/mol. The molecule has 0 radical (unpaired) electrons. The topological polar surface area (TPSA) is 81.4 Å². The molecule has 0 saturated carbocycles. The van der Waals surface area contributed by atoms with E-state index in [-0.39, 0.29) is 11.4 Å². The fourth-order valence-electron chi connectivity index (χ4n) is 1.59. The van der Waals surface area contributed by atoms with Crippen LogP contribution in [0.3, 0.4) is 0 Å². The van der Waals surface area contributed by atoms with Crippen LogP contribution in [-0.2, 0) is 21.3 Å². The predicted octanol–water partition coefficient (Wildman–Crippen LogP) is 1.53. The molecule has 0 bridgehead atoms. The summed E-state index contributed by atoms with van der Waals surface area (Å²) in [5, 5.41) is 0. The van der Waals surface area contributed by atoms with E-state index in [9.17, 15) is 8.42 Å². The van der Waals surface area contributed by atoms with Crippen LogP contribution in [0, 0.1) is 6.92 Å². The molecule has 19 heavy (non-hydrogen) atoms. The van der Waals surface area contributed by atoms with E-state index >= 15 is 0 Å². The summed E-state index contributed by atoms with van der Waals surface area (Å²) >= 11 is 3.31. The van der Waals surface area contributed by atoms with Gasteiger partial charge in [0.2, 0.25) is 10.0 Å². The predicted molar refractivity (Wildman–Crippen MR) is 78.5 cm³/mol. The third kappa shape index (κ3) is 4.54. The number of sulfonamides is 1. The molecule has 7 heteroatoms. The number of ether oxygens (including phenoxy) is 1. The number of benzene rings is 1. The van der Waals surface area contributed by atoms with Crippen molar-refractivity contribution in [3.05, 3.63) is 27.7 Å². The first-order valence-electron chi connectivity index (χ1n) is 5.99. The molecular formula is C12H19BrN2O3S. The fraction of sp³-hybridized carbons (Fsp3) is 0.500. The fourth-order valence-corrected chi connectivity index (χ4v) is 3.67. The largest absolute Gasteiger partial charge is 0.380 e. The Morgan fingerprint density at radius 1 is 1.42 bits per heavy atom. The quantitative estimate of drug-likeness (QED) is 0.730. The second-order valence-corrected chi connectivity index (χ2v) is 6.55. The minimum absolute atomic E-state index is 0.212. The lowest BCUT2D eigenvalue weighted by molar-refractivity contribution is 0.153. The molecule has 0 fully saturated rings. The van der Waals surface area contributed by atoms with E-state index < -0.39 is 10.0 Å². The third-order valence-electron chi connectivity index (χ3n) is 2.55. The summed E-state index contributed by atoms with van der Waals surface area (Å²) in [5.74, 6) is 0. The Bertz CT molecular complexity index is 532. The zero-order chi connectivity index (χ0) is 14.5. The van der Waals surface area contributed by atoms with Gasteiger partial charge in [0.15, 0.2) is 0 Å². The molecule has 108 valence electrons. The van der Waals surface area contributed by atoms with Gasteiger partial charge >= 0.3 is 0 Å². The minimum atomic E-state index is -3.56. The molecule has 5 nitrogen and oxygen atoms in total. The molecule has 0 unspecified atom stereocenters. The van der Waals surface area contributed by atoms with Crippen molar-refractivity contribution in [1.29, 1.82) is 0 Å². The van der Waals surface area contributed by atoms with Crippen LogP contribution in [0.25, 0.3) is 0 Å². The Hall–Kier alpha value is -0.470. The van der Waals surface area contributed by atoms with Crippen molar-refractivity contribution in [2.75, 3.05) is 19.8 Å². The lowest BCUT2D eigenvalue weighted by atomic mass is 10.1. The second kappa shape index (κ2) is 7.35. The van der Waals surface area contributed by atoms with E-state index in [4.69, 9.17) is 10.5 Å². The average Bonchev–Trinajstić information content (AvgIpc) is 2.37. The summed E-state index contributed by atoms with van der Waals surface area (Å²) in [6.07, 6.45) is 0. The van der Waals surface area contributed by atoms with E-state index in [2.05, 4.69) is 20.7 Å². The van der Waals surface area contributed by atoms with Crippen molar-refractivity contribution >= 4 is 26.0 Å². The standard InChI is InChI=1S/C12H19BrN2O3S/c1-3-18-5-4-15-19(16,17)11-7-10(8-14)6-9(2)12(11)13/h6-7,15H,3-5,8,14H2,1-2H3. The summed E-state index contributed by atoms with van der Waals surface area (Å²) in [7, 11) is -3.56. The third-order valence-corrected chi connectivity index (χ3v) is 5.35. The Morgan fingerprint density at radius 3 is 2.68 bits per heavy atom. The van der Waals surface area contributed by atoms with E-state index in [1.807, 2.05) is 19.9 Å². The van der Waals surface area contributed by atoms with E-state index in [1.54, 1.807) is 6.07 Å². The number of hydrogen-bond acceptors (Lipinski definition) is 4. The molecule has 1 aromatic rings. The van der Waals surface area contributed by atoms with E-state index in [0.29, 0.717) is 24.2 Å². The zero-order valence-corrected chi connectivity index (χ0v) is 13.5. The highest BCUT2D eigenvalue weighted by Crippen LogP contribution is 2.27. The van der Waals surface area contributed by atoms with Crippen molar-refractivity contribution in [3.8, 4) is 0 Å². The van der Waals surface area contributed by atoms with Crippen molar-refractivity contribution in [2.24, 2.45) is 5.73 Å². The van der Waals surface area contributed by atoms with Crippen LogP contribution < -0.4 is 10.5 Å². The molecule has 0 aliphatic heterocycles. The van der Waals surface area contributed by atoms with Gasteiger partial charge in [-0.3, -0.25) is 0 Å². The molecule has 3 N–H and O–H groups in total. The molecule has 0 spiro atoms. The molecule has 0 aliphatic carbocycles. The molecule has 0 saturated heterocycles. The highest BCUT2D eigenvalue weighted by atomic mass is 79.9. The Morgan fingerprint density at radius 2 is 2.11 bits per heavy atom. The van der Waals surface area contributed by atoms with Gasteiger partial charge in [-0.2, -0.15) is 0 Å². The summed E-state index contributed by atoms with van der Waals surface area (Å²) < 4.78 is 32.6. The van der Waals surface area contributed by atoms with Gasteiger partial charge in [-0.15, -0.1) is 0 Å². The molecule has 0 aromatic heterocycles. The van der Waals surface area contributed by atoms with E-state index in [1.165, 1.54) is 0 Å². The lowest BCUT2D eigenvalue weighted by Crippen LogP contribution is -2.28. The van der Waals surface area contributed by atoms with Gasteiger partial charge in [-0.05, 0) is 47.0 Å². The molecule has 1 aromatic carbocycles. The molecular weight excluding hydrogens is 332 g/mol. The highest BCUT2D eigenvalue weighted by Gasteiger charge is 2.19. The summed E-state index contributed by atoms with van der Waals surface area (Å²) in [4.78, 5) is 0.212. The first kappa shape index (κ1) is 16.6. The maximum absolute atomic E-state index is 12.2. The normalized spacial score (nSPS) is 11.8. The van der Waals surface area contributed by atoms with Gasteiger partial charge < -0.3 is 10.5 Å². The van der Waals surface area contributed by atoms with E-state index in [0.717, 1.165) is 11.1 Å². The molecule has 0 amide bonds. The monoisotopic (exact) mass is 350 g/mol. The Kier molecular flexibility index (Phi) is 6.41. The van der Waals surface area contributed by atoms with Gasteiger partial charge in [0.25, 0.3) is 0 Å². The van der Waals surface area contributed by atoms with Crippen molar-refractivity contribution < 1.29 is 13.2 Å². The zero-order valence-electron chi connectivity index (χ0n) is 11.1. The second-order valence-electron chi connectivity index (χ2n) is 4.02. The number of nitrogens with one attached hydrogen (secondary N) is 1. The van der Waals surface area contributed by atoms with Crippen LogP contribution in [0.2, 0.25) is 0 Å². The van der Waals surface area contributed by atoms with Gasteiger partial charge in [0, 0.05) is 24.2 Å². The minimum Gasteiger partial charge on any atom is -0.380 e. The number of hydrogen-bond donors (Lipinski definition) is 2. The Balaban J connectivity index is 2.97. The number of rotatable bonds is 7. The van der Waals surface area contributed by atoms with Gasteiger partial charge in [0.1, 0.15) is 0 Å². The maximum Gasteiger partial charge on any atom is 0.241 e. The SMILES string of the molecule is CCOCCNS(=O)(=O)c1cc(CN)cc(C)c1Br. The molecule has 0 atom stereocenters. The molecule has 0 aliphatic rings. The highest BCUT2D eigenvalue weighted by molar-refractivity contribution is 9.10. The van der Waals surface area contributed by atoms with Gasteiger partial charge in [-0.25, -0.2) is 13.1 Å².